The Labute approximate surface area is 175 Å². The molecule has 2 aromatic carbocycles. The molecule has 0 aliphatic heterocycles. The summed E-state index contributed by atoms with van der Waals surface area (Å²) in [6, 6.07) is 12.1. The molecule has 1 aromatic heterocycles. The second-order valence-corrected chi connectivity index (χ2v) is 9.38. The maximum Gasteiger partial charge on any atom is 0.329 e. The van der Waals surface area contributed by atoms with Crippen molar-refractivity contribution in [1.29, 1.82) is 0 Å². The number of carbonyl (C=O) groups excluding carboxylic acids is 1. The molecule has 0 aliphatic rings. The molecule has 0 bridgehead atoms. The van der Waals surface area contributed by atoms with Crippen LogP contribution in [0.3, 0.4) is 0 Å². The summed E-state index contributed by atoms with van der Waals surface area (Å²) in [5, 5.41) is 2.78. The Morgan fingerprint density at radius 1 is 1.07 bits per heavy atom. The molecule has 3 aromatic rings. The molecule has 30 heavy (non-hydrogen) atoms. The van der Waals surface area contributed by atoms with Crippen LogP contribution in [0.25, 0.3) is 11.0 Å². The van der Waals surface area contributed by atoms with Crippen molar-refractivity contribution >= 4 is 32.7 Å². The van der Waals surface area contributed by atoms with Crippen molar-refractivity contribution < 1.29 is 13.2 Å². The van der Waals surface area contributed by atoms with Gasteiger partial charge in [0.05, 0.1) is 15.9 Å². The fourth-order valence-corrected chi connectivity index (χ4v) is 4.26. The summed E-state index contributed by atoms with van der Waals surface area (Å²) in [4.78, 5) is 25.4. The molecule has 1 amide bonds. The molecule has 0 aliphatic carbocycles. The number of carbonyl (C=O) groups is 1. The third kappa shape index (κ3) is 4.03. The van der Waals surface area contributed by atoms with E-state index in [1.165, 1.54) is 26.2 Å². The minimum absolute atomic E-state index is 0.0850. The van der Waals surface area contributed by atoms with Crippen LogP contribution in [0.4, 0.5) is 5.69 Å². The average Bonchev–Trinajstić information content (AvgIpc) is 2.98. The quantitative estimate of drug-likeness (QED) is 0.623. The van der Waals surface area contributed by atoms with Gasteiger partial charge in [-0.15, -0.1) is 0 Å². The highest BCUT2D eigenvalue weighted by atomic mass is 32.2. The van der Waals surface area contributed by atoms with Crippen molar-refractivity contribution in [3.05, 3.63) is 58.5 Å². The van der Waals surface area contributed by atoms with E-state index in [9.17, 15) is 18.0 Å². The van der Waals surface area contributed by atoms with E-state index in [4.69, 9.17) is 0 Å². The fraction of sp³-hybridized carbons (Fsp3) is 0.333. The Balaban J connectivity index is 1.80. The molecule has 0 fully saturated rings. The summed E-state index contributed by atoms with van der Waals surface area (Å²) in [5.74, 6) is -0.294. The topological polar surface area (TPSA) is 93.4 Å². The minimum Gasteiger partial charge on any atom is -0.326 e. The van der Waals surface area contributed by atoms with Gasteiger partial charge in [0.15, 0.2) is 0 Å². The van der Waals surface area contributed by atoms with E-state index in [1.807, 2.05) is 31.2 Å². The molecule has 0 unspecified atom stereocenters. The normalized spacial score (nSPS) is 11.9. The standard InChI is InChI=1S/C21H26N4O4S/c1-5-24-18-8-6-7-9-19(18)25(21(24)27)13-12-20(26)22-17-14-16(11-10-15(17)2)30(28,29)23(3)4/h6-11,14H,5,12-13H2,1-4H3,(H,22,26). The summed E-state index contributed by atoms with van der Waals surface area (Å²) in [6.45, 7) is 4.47. The Morgan fingerprint density at radius 2 is 1.70 bits per heavy atom. The lowest BCUT2D eigenvalue weighted by molar-refractivity contribution is -0.116. The van der Waals surface area contributed by atoms with Gasteiger partial charge in [0.1, 0.15) is 0 Å². The summed E-state index contributed by atoms with van der Waals surface area (Å²) >= 11 is 0. The van der Waals surface area contributed by atoms with Gasteiger partial charge < -0.3 is 5.32 Å². The maximum absolute atomic E-state index is 12.7. The lowest BCUT2D eigenvalue weighted by Crippen LogP contribution is -2.26. The number of rotatable bonds is 7. The number of imidazole rings is 1. The van der Waals surface area contributed by atoms with Gasteiger partial charge in [-0.05, 0) is 43.7 Å². The molecule has 3 rings (SSSR count). The number of fused-ring (bicyclic) bond motifs is 1. The fourth-order valence-electron chi connectivity index (χ4n) is 3.33. The SMILES string of the molecule is CCn1c(=O)n(CCC(=O)Nc2cc(S(=O)(=O)N(C)C)ccc2C)c2ccccc21. The third-order valence-electron chi connectivity index (χ3n) is 5.07. The van der Waals surface area contributed by atoms with Gasteiger partial charge in [0, 0.05) is 39.3 Å². The molecule has 0 saturated carbocycles. The molecule has 160 valence electrons. The predicted octanol–water partition coefficient (Wildman–Crippen LogP) is 2.41. The number of para-hydroxylation sites is 2. The van der Waals surface area contributed by atoms with E-state index in [-0.39, 0.29) is 29.5 Å². The van der Waals surface area contributed by atoms with Gasteiger partial charge >= 0.3 is 5.69 Å². The number of hydrogen-bond donors (Lipinski definition) is 1. The van der Waals surface area contributed by atoms with Crippen LogP contribution in [0.5, 0.6) is 0 Å². The molecule has 8 nitrogen and oxygen atoms in total. The van der Waals surface area contributed by atoms with Gasteiger partial charge in [0.2, 0.25) is 15.9 Å². The van der Waals surface area contributed by atoms with Crippen LogP contribution in [0.1, 0.15) is 18.9 Å². The van der Waals surface area contributed by atoms with Crippen molar-refractivity contribution in [3.63, 3.8) is 0 Å². The highest BCUT2D eigenvalue weighted by Crippen LogP contribution is 2.22. The van der Waals surface area contributed by atoms with Crippen molar-refractivity contribution in [2.24, 2.45) is 0 Å². The second-order valence-electron chi connectivity index (χ2n) is 7.23. The number of hydrogen-bond acceptors (Lipinski definition) is 4. The Kier molecular flexibility index (Phi) is 6.14. The molecule has 0 saturated heterocycles. The summed E-state index contributed by atoms with van der Waals surface area (Å²) in [7, 11) is -0.691. The lowest BCUT2D eigenvalue weighted by Gasteiger charge is -2.14. The number of amides is 1. The van der Waals surface area contributed by atoms with E-state index in [0.29, 0.717) is 12.2 Å². The van der Waals surface area contributed by atoms with Crippen LogP contribution in [0, 0.1) is 6.92 Å². The van der Waals surface area contributed by atoms with E-state index >= 15 is 0 Å². The molecular formula is C21H26N4O4S. The van der Waals surface area contributed by atoms with Crippen LogP contribution in [0.15, 0.2) is 52.2 Å². The zero-order valence-corrected chi connectivity index (χ0v) is 18.4. The van der Waals surface area contributed by atoms with Gasteiger partial charge in [-0.3, -0.25) is 13.9 Å². The van der Waals surface area contributed by atoms with Gasteiger partial charge in [-0.2, -0.15) is 0 Å². The van der Waals surface area contributed by atoms with Crippen molar-refractivity contribution in [2.75, 3.05) is 19.4 Å². The van der Waals surface area contributed by atoms with Gasteiger partial charge in [-0.1, -0.05) is 18.2 Å². The number of anilines is 1. The zero-order valence-electron chi connectivity index (χ0n) is 17.5. The van der Waals surface area contributed by atoms with E-state index in [2.05, 4.69) is 5.32 Å². The minimum atomic E-state index is -3.60. The number of benzene rings is 2. The number of sulfonamides is 1. The number of aromatic nitrogens is 2. The first-order valence-electron chi connectivity index (χ1n) is 9.68. The summed E-state index contributed by atoms with van der Waals surface area (Å²) in [6.07, 6.45) is 0.0850. The van der Waals surface area contributed by atoms with Crippen LogP contribution in [-0.2, 0) is 27.9 Å². The van der Waals surface area contributed by atoms with E-state index in [1.54, 1.807) is 22.1 Å². The molecular weight excluding hydrogens is 404 g/mol. The van der Waals surface area contributed by atoms with Gasteiger partial charge in [-0.25, -0.2) is 17.5 Å². The molecule has 0 spiro atoms. The molecule has 0 atom stereocenters. The molecule has 1 N–H and O–H groups in total. The summed E-state index contributed by atoms with van der Waals surface area (Å²) in [5.41, 5.74) is 2.66. The van der Waals surface area contributed by atoms with Crippen LogP contribution >= 0.6 is 0 Å². The number of aryl methyl sites for hydroxylation is 3. The molecule has 0 radical (unpaired) electrons. The van der Waals surface area contributed by atoms with Crippen molar-refractivity contribution in [3.8, 4) is 0 Å². The lowest BCUT2D eigenvalue weighted by atomic mass is 10.2. The van der Waals surface area contributed by atoms with E-state index < -0.39 is 10.0 Å². The maximum atomic E-state index is 12.7. The predicted molar refractivity (Wildman–Crippen MR) is 117 cm³/mol. The number of nitrogens with one attached hydrogen (secondary N) is 1. The first kappa shape index (κ1) is 21.8. The van der Waals surface area contributed by atoms with E-state index in [0.717, 1.165) is 20.9 Å². The van der Waals surface area contributed by atoms with Crippen LogP contribution < -0.4 is 11.0 Å². The highest BCUT2D eigenvalue weighted by Gasteiger charge is 2.19. The smallest absolute Gasteiger partial charge is 0.326 e. The molecule has 9 heteroatoms. The van der Waals surface area contributed by atoms with Crippen molar-refractivity contribution in [2.45, 2.75) is 38.3 Å². The zero-order chi connectivity index (χ0) is 22.1. The average molecular weight is 431 g/mol. The van der Waals surface area contributed by atoms with Gasteiger partial charge in [0.25, 0.3) is 0 Å². The Hall–Kier alpha value is -2.91. The monoisotopic (exact) mass is 430 g/mol. The number of nitrogens with zero attached hydrogens (tertiary/aromatic N) is 3. The second kappa shape index (κ2) is 8.45. The van der Waals surface area contributed by atoms with Crippen molar-refractivity contribution in [1.82, 2.24) is 13.4 Å². The summed E-state index contributed by atoms with van der Waals surface area (Å²) < 4.78 is 29.1. The first-order chi connectivity index (χ1) is 14.2. The molecule has 1 heterocycles. The van der Waals surface area contributed by atoms with Crippen LogP contribution in [0.2, 0.25) is 0 Å². The Morgan fingerprint density at radius 3 is 2.30 bits per heavy atom. The third-order valence-corrected chi connectivity index (χ3v) is 6.88. The first-order valence-corrected chi connectivity index (χ1v) is 11.1. The Bertz CT molecular complexity index is 1260. The largest absolute Gasteiger partial charge is 0.329 e. The van der Waals surface area contributed by atoms with Crippen LogP contribution in [-0.4, -0.2) is 41.9 Å². The highest BCUT2D eigenvalue weighted by molar-refractivity contribution is 7.89.